The molecule has 3 aliphatic rings. The molecule has 1 atom stereocenters. The zero-order valence-electron chi connectivity index (χ0n) is 7.69. The minimum absolute atomic E-state index is 0.404. The number of hydrogen-bond donors (Lipinski definition) is 0. The average molecular weight is 317 g/mol. The Balaban J connectivity index is 1.80. The third-order valence-corrected chi connectivity index (χ3v) is 5.45. The van der Waals surface area contributed by atoms with Crippen LogP contribution in [0.5, 0.6) is 0 Å². The number of hydrogen-bond acceptors (Lipinski definition) is 2. The monoisotopic (exact) mass is 316 g/mol. The van der Waals surface area contributed by atoms with E-state index >= 15 is 0 Å². The number of halogens is 2. The molecule has 76 valence electrons. The van der Waals surface area contributed by atoms with E-state index in [1.54, 1.807) is 7.11 Å². The molecule has 1 unspecified atom stereocenters. The lowest BCUT2D eigenvalue weighted by Crippen LogP contribution is -2.74. The fraction of sp³-hybridized carbons (Fsp3) is 1.00. The van der Waals surface area contributed by atoms with Gasteiger partial charge in [0.2, 0.25) is 0 Å². The highest BCUT2D eigenvalue weighted by molar-refractivity contribution is 14.1. The zero-order valence-corrected chi connectivity index (χ0v) is 10.6. The van der Waals surface area contributed by atoms with E-state index in [-0.39, 0.29) is 0 Å². The molecular formula is C9H14ClIO2. The van der Waals surface area contributed by atoms with Gasteiger partial charge >= 0.3 is 0 Å². The van der Waals surface area contributed by atoms with Crippen LogP contribution in [0.1, 0.15) is 12.8 Å². The van der Waals surface area contributed by atoms with E-state index in [0.29, 0.717) is 21.5 Å². The summed E-state index contributed by atoms with van der Waals surface area (Å²) in [6.45, 7) is 1.21. The van der Waals surface area contributed by atoms with E-state index in [4.69, 9.17) is 21.1 Å². The molecule has 13 heavy (non-hydrogen) atoms. The minimum atomic E-state index is 0.404. The van der Waals surface area contributed by atoms with Gasteiger partial charge in [-0.2, -0.15) is 0 Å². The summed E-state index contributed by atoms with van der Waals surface area (Å²) < 4.78 is 10.7. The first-order valence-electron chi connectivity index (χ1n) is 4.48. The molecule has 0 radical (unpaired) electrons. The molecule has 3 saturated carbocycles. The van der Waals surface area contributed by atoms with Gasteiger partial charge in [-0.15, -0.1) is 11.6 Å². The van der Waals surface area contributed by atoms with E-state index in [1.165, 1.54) is 12.8 Å². The van der Waals surface area contributed by atoms with Gasteiger partial charge in [-0.3, -0.25) is 0 Å². The summed E-state index contributed by atoms with van der Waals surface area (Å²) in [5, 5.41) is 0. The van der Waals surface area contributed by atoms with E-state index in [1.807, 2.05) is 0 Å². The van der Waals surface area contributed by atoms with Crippen LogP contribution in [0, 0.1) is 11.3 Å². The summed E-state index contributed by atoms with van der Waals surface area (Å²) >= 11 is 8.52. The molecule has 2 bridgehead atoms. The molecule has 3 rings (SSSR count). The highest BCUT2D eigenvalue weighted by atomic mass is 127. The summed E-state index contributed by atoms with van der Waals surface area (Å²) in [6, 6.07) is 0. The van der Waals surface area contributed by atoms with Crippen LogP contribution in [0.25, 0.3) is 0 Å². The molecule has 3 fully saturated rings. The Morgan fingerprint density at radius 3 is 2.69 bits per heavy atom. The fourth-order valence-corrected chi connectivity index (χ4v) is 5.40. The van der Waals surface area contributed by atoms with Crippen molar-refractivity contribution in [3.05, 3.63) is 0 Å². The van der Waals surface area contributed by atoms with Crippen LogP contribution in [0.2, 0.25) is 0 Å². The van der Waals surface area contributed by atoms with E-state index in [0.717, 1.165) is 12.5 Å². The normalized spacial score (nSPS) is 46.8. The first-order chi connectivity index (χ1) is 6.17. The van der Waals surface area contributed by atoms with Gasteiger partial charge in [-0.25, -0.2) is 0 Å². The Labute approximate surface area is 97.4 Å². The van der Waals surface area contributed by atoms with Crippen molar-refractivity contribution in [3.63, 3.8) is 0 Å². The fourth-order valence-electron chi connectivity index (χ4n) is 2.66. The van der Waals surface area contributed by atoms with Crippen LogP contribution in [0.3, 0.4) is 0 Å². The van der Waals surface area contributed by atoms with Gasteiger partial charge < -0.3 is 9.47 Å². The Morgan fingerprint density at radius 1 is 1.54 bits per heavy atom. The Hall–Kier alpha value is 0.940. The van der Waals surface area contributed by atoms with Crippen LogP contribution in [0.15, 0.2) is 0 Å². The molecule has 4 heteroatoms. The SMILES string of the molecule is COCOCC1C2(I)CC1(CCl)C2. The van der Waals surface area contributed by atoms with Gasteiger partial charge in [0.1, 0.15) is 6.79 Å². The maximum Gasteiger partial charge on any atom is 0.146 e. The van der Waals surface area contributed by atoms with Crippen molar-refractivity contribution in [1.82, 2.24) is 0 Å². The minimum Gasteiger partial charge on any atom is -0.359 e. The van der Waals surface area contributed by atoms with Crippen molar-refractivity contribution in [2.75, 3.05) is 26.4 Å². The summed E-state index contributed by atoms with van der Waals surface area (Å²) in [6.07, 6.45) is 2.57. The molecule has 2 nitrogen and oxygen atoms in total. The summed E-state index contributed by atoms with van der Waals surface area (Å²) in [5.41, 5.74) is 0.413. The molecular weight excluding hydrogens is 302 g/mol. The van der Waals surface area contributed by atoms with Crippen molar-refractivity contribution in [1.29, 1.82) is 0 Å². The molecule has 0 aromatic heterocycles. The first-order valence-corrected chi connectivity index (χ1v) is 6.10. The summed E-state index contributed by atoms with van der Waals surface area (Å²) in [5.74, 6) is 1.45. The number of methoxy groups -OCH3 is 1. The molecule has 0 heterocycles. The topological polar surface area (TPSA) is 18.5 Å². The van der Waals surface area contributed by atoms with Crippen LogP contribution < -0.4 is 0 Å². The molecule has 0 aromatic carbocycles. The van der Waals surface area contributed by atoms with Gasteiger partial charge in [0.15, 0.2) is 0 Å². The largest absolute Gasteiger partial charge is 0.359 e. The number of alkyl halides is 2. The van der Waals surface area contributed by atoms with Gasteiger partial charge in [-0.1, -0.05) is 22.6 Å². The lowest BCUT2D eigenvalue weighted by atomic mass is 9.38. The smallest absolute Gasteiger partial charge is 0.146 e. The molecule has 3 aliphatic carbocycles. The van der Waals surface area contributed by atoms with Gasteiger partial charge in [0.25, 0.3) is 0 Å². The maximum atomic E-state index is 5.96. The standard InChI is InChI=1S/C9H14ClIO2/c1-12-6-13-2-7-8(5-10)3-9(7,11)4-8/h7H,2-6H2,1H3. The predicted molar refractivity (Wildman–Crippen MR) is 60.5 cm³/mol. The second-order valence-electron chi connectivity index (χ2n) is 4.21. The van der Waals surface area contributed by atoms with E-state index < -0.39 is 0 Å². The zero-order chi connectivity index (χ0) is 9.53. The predicted octanol–water partition coefficient (Wildman–Crippen LogP) is 2.43. The highest BCUT2D eigenvalue weighted by Crippen LogP contribution is 2.76. The lowest BCUT2D eigenvalue weighted by molar-refractivity contribution is -0.177. The van der Waals surface area contributed by atoms with E-state index in [9.17, 15) is 0 Å². The summed E-state index contributed by atoms with van der Waals surface area (Å²) in [7, 11) is 1.65. The van der Waals surface area contributed by atoms with E-state index in [2.05, 4.69) is 22.6 Å². The van der Waals surface area contributed by atoms with Gasteiger partial charge in [-0.05, 0) is 18.3 Å². The average Bonchev–Trinajstić information content (AvgIpc) is 2.08. The Kier molecular flexibility index (Phi) is 2.82. The second-order valence-corrected chi connectivity index (χ2v) is 6.63. The molecule has 0 N–H and O–H groups in total. The quantitative estimate of drug-likeness (QED) is 0.336. The lowest BCUT2D eigenvalue weighted by Gasteiger charge is -2.73. The third kappa shape index (κ3) is 1.43. The summed E-state index contributed by atoms with van der Waals surface area (Å²) in [4.78, 5) is 0. The maximum absolute atomic E-state index is 5.96. The molecule has 0 spiro atoms. The van der Waals surface area contributed by atoms with Crippen LogP contribution in [-0.2, 0) is 9.47 Å². The highest BCUT2D eigenvalue weighted by Gasteiger charge is 2.73. The van der Waals surface area contributed by atoms with Crippen LogP contribution in [0.4, 0.5) is 0 Å². The number of ether oxygens (including phenoxy) is 2. The molecule has 0 saturated heterocycles. The van der Waals surface area contributed by atoms with Crippen molar-refractivity contribution < 1.29 is 9.47 Å². The Morgan fingerprint density at radius 2 is 2.23 bits per heavy atom. The van der Waals surface area contributed by atoms with Crippen molar-refractivity contribution in [3.8, 4) is 0 Å². The molecule has 0 aliphatic heterocycles. The van der Waals surface area contributed by atoms with Crippen molar-refractivity contribution in [2.45, 2.75) is 16.3 Å². The molecule has 0 amide bonds. The Bertz CT molecular complexity index is 204. The first kappa shape index (κ1) is 10.5. The number of rotatable bonds is 5. The second kappa shape index (κ2) is 3.51. The third-order valence-electron chi connectivity index (χ3n) is 3.41. The van der Waals surface area contributed by atoms with Gasteiger partial charge in [0.05, 0.1) is 6.61 Å². The van der Waals surface area contributed by atoms with Gasteiger partial charge in [0, 0.05) is 22.3 Å². The van der Waals surface area contributed by atoms with Crippen molar-refractivity contribution >= 4 is 34.2 Å². The van der Waals surface area contributed by atoms with Crippen molar-refractivity contribution in [2.24, 2.45) is 11.3 Å². The van der Waals surface area contributed by atoms with Crippen LogP contribution in [-0.4, -0.2) is 29.8 Å². The molecule has 0 aromatic rings. The van der Waals surface area contributed by atoms with Crippen LogP contribution >= 0.6 is 34.2 Å².